The lowest BCUT2D eigenvalue weighted by Gasteiger charge is -2.27. The minimum absolute atomic E-state index is 0.0415. The summed E-state index contributed by atoms with van der Waals surface area (Å²) in [6.07, 6.45) is 0. The van der Waals surface area contributed by atoms with Crippen molar-refractivity contribution in [3.8, 4) is 23.0 Å². The van der Waals surface area contributed by atoms with Gasteiger partial charge in [-0.15, -0.1) is 0 Å². The summed E-state index contributed by atoms with van der Waals surface area (Å²) in [5.41, 5.74) is 2.24. The minimum Gasteiger partial charge on any atom is -0.507 e. The van der Waals surface area contributed by atoms with Crippen LogP contribution in [-0.2, 0) is 9.59 Å². The first-order chi connectivity index (χ1) is 19.9. The highest BCUT2D eigenvalue weighted by molar-refractivity contribution is 6.51. The van der Waals surface area contributed by atoms with Crippen molar-refractivity contribution in [3.63, 3.8) is 0 Å². The van der Waals surface area contributed by atoms with Crippen molar-refractivity contribution in [1.29, 1.82) is 0 Å². The molecular formula is C34H31NO6. The number of ether oxygens (including phenoxy) is 3. The Morgan fingerprint density at radius 3 is 2.22 bits per heavy atom. The van der Waals surface area contributed by atoms with Gasteiger partial charge in [-0.1, -0.05) is 48.5 Å². The van der Waals surface area contributed by atoms with Crippen LogP contribution in [0.3, 0.4) is 0 Å². The van der Waals surface area contributed by atoms with Crippen LogP contribution in [0.2, 0.25) is 0 Å². The molecule has 0 aromatic heterocycles. The molecule has 1 aliphatic heterocycles. The number of aliphatic hydroxyl groups excluding tert-OH is 1. The Kier molecular flexibility index (Phi) is 8.06. The topological polar surface area (TPSA) is 85.3 Å². The molecule has 0 aliphatic carbocycles. The highest BCUT2D eigenvalue weighted by atomic mass is 16.5. The van der Waals surface area contributed by atoms with Gasteiger partial charge in [0.25, 0.3) is 11.7 Å². The van der Waals surface area contributed by atoms with Gasteiger partial charge in [0.2, 0.25) is 0 Å². The van der Waals surface area contributed by atoms with Gasteiger partial charge in [0, 0.05) is 11.8 Å². The van der Waals surface area contributed by atoms with E-state index in [0.29, 0.717) is 53.0 Å². The van der Waals surface area contributed by atoms with Crippen molar-refractivity contribution < 1.29 is 28.9 Å². The quantitative estimate of drug-likeness (QED) is 0.135. The molecule has 5 rings (SSSR count). The van der Waals surface area contributed by atoms with E-state index < -0.39 is 17.7 Å². The number of nitrogens with zero attached hydrogens (tertiary/aromatic N) is 1. The SMILES string of the molecule is CCOc1ccc(/C(O)=C2\C(=O)C(=O)N(c3ccccc3C)C2c2cccc(Oc3ccccc3)c2)c(OCC)c1. The first-order valence-corrected chi connectivity index (χ1v) is 13.5. The number of rotatable bonds is 9. The van der Waals surface area contributed by atoms with Gasteiger partial charge >= 0.3 is 0 Å². The van der Waals surface area contributed by atoms with Crippen molar-refractivity contribution in [3.05, 3.63) is 119 Å². The molecule has 4 aromatic rings. The van der Waals surface area contributed by atoms with Gasteiger partial charge in [-0.2, -0.15) is 0 Å². The number of benzene rings is 4. The number of aryl methyl sites for hydroxylation is 1. The number of ketones is 1. The van der Waals surface area contributed by atoms with Gasteiger partial charge in [-0.05, 0) is 74.4 Å². The highest BCUT2D eigenvalue weighted by Crippen LogP contribution is 2.45. The standard InChI is InChI=1S/C34H31NO6/c1-4-39-25-18-19-27(29(21-25)40-5-2)32(36)30-31(35(34(38)33(30)37)28-17-10-9-12-22(28)3)23-13-11-16-26(20-23)41-24-14-7-6-8-15-24/h6-21,31,36H,4-5H2,1-3H3/b32-30+. The van der Waals surface area contributed by atoms with Gasteiger partial charge in [0.15, 0.2) is 0 Å². The first kappa shape index (κ1) is 27.5. The predicted octanol–water partition coefficient (Wildman–Crippen LogP) is 7.21. The summed E-state index contributed by atoms with van der Waals surface area (Å²) in [5.74, 6) is 0.234. The average molecular weight is 550 g/mol. The van der Waals surface area contributed by atoms with E-state index in [2.05, 4.69) is 0 Å². The minimum atomic E-state index is -0.920. The zero-order valence-electron chi connectivity index (χ0n) is 23.2. The van der Waals surface area contributed by atoms with Gasteiger partial charge in [0.05, 0.1) is 30.4 Å². The van der Waals surface area contributed by atoms with E-state index in [1.54, 1.807) is 42.5 Å². The summed E-state index contributed by atoms with van der Waals surface area (Å²) in [6, 6.07) is 28.0. The summed E-state index contributed by atoms with van der Waals surface area (Å²) < 4.78 is 17.5. The van der Waals surface area contributed by atoms with Crippen LogP contribution in [0.25, 0.3) is 5.76 Å². The number of amides is 1. The van der Waals surface area contributed by atoms with E-state index in [4.69, 9.17) is 14.2 Å². The Bertz CT molecular complexity index is 1610. The molecule has 0 bridgehead atoms. The number of anilines is 1. The Balaban J connectivity index is 1.69. The molecule has 1 fully saturated rings. The smallest absolute Gasteiger partial charge is 0.300 e. The fraction of sp³-hybridized carbons (Fsp3) is 0.176. The van der Waals surface area contributed by atoms with Gasteiger partial charge in [0.1, 0.15) is 28.8 Å². The number of aliphatic hydroxyl groups is 1. The number of hydrogen-bond donors (Lipinski definition) is 1. The molecule has 208 valence electrons. The number of carbonyl (C=O) groups is 2. The third-order valence-corrected chi connectivity index (χ3v) is 6.79. The maximum atomic E-state index is 13.7. The van der Waals surface area contributed by atoms with Crippen LogP contribution in [0.15, 0.2) is 103 Å². The van der Waals surface area contributed by atoms with E-state index in [9.17, 15) is 14.7 Å². The Labute approximate surface area is 239 Å². The molecule has 0 radical (unpaired) electrons. The van der Waals surface area contributed by atoms with Crippen LogP contribution >= 0.6 is 0 Å². The summed E-state index contributed by atoms with van der Waals surface area (Å²) in [7, 11) is 0. The van der Waals surface area contributed by atoms with Crippen LogP contribution in [0, 0.1) is 6.92 Å². The lowest BCUT2D eigenvalue weighted by atomic mass is 9.94. The lowest BCUT2D eigenvalue weighted by Crippen LogP contribution is -2.30. The molecule has 1 heterocycles. The van der Waals surface area contributed by atoms with Crippen LogP contribution < -0.4 is 19.1 Å². The third-order valence-electron chi connectivity index (χ3n) is 6.79. The van der Waals surface area contributed by atoms with E-state index in [1.807, 2.05) is 75.4 Å². The van der Waals surface area contributed by atoms with Crippen molar-refractivity contribution in [1.82, 2.24) is 0 Å². The van der Waals surface area contributed by atoms with Crippen LogP contribution in [0.5, 0.6) is 23.0 Å². The molecule has 1 N–H and O–H groups in total. The number of para-hydroxylation sites is 2. The van der Waals surface area contributed by atoms with Crippen LogP contribution in [0.1, 0.15) is 36.6 Å². The van der Waals surface area contributed by atoms with Crippen LogP contribution in [0.4, 0.5) is 5.69 Å². The van der Waals surface area contributed by atoms with E-state index in [1.165, 1.54) is 4.90 Å². The number of carbonyl (C=O) groups excluding carboxylic acids is 2. The normalized spacial score (nSPS) is 16.1. The molecule has 4 aromatic carbocycles. The third kappa shape index (κ3) is 5.52. The maximum Gasteiger partial charge on any atom is 0.300 e. The summed E-state index contributed by atoms with van der Waals surface area (Å²) >= 11 is 0. The summed E-state index contributed by atoms with van der Waals surface area (Å²) in [4.78, 5) is 28.8. The molecule has 7 nitrogen and oxygen atoms in total. The fourth-order valence-electron chi connectivity index (χ4n) is 4.98. The van der Waals surface area contributed by atoms with E-state index in [-0.39, 0.29) is 11.3 Å². The second-order valence-corrected chi connectivity index (χ2v) is 9.47. The molecule has 41 heavy (non-hydrogen) atoms. The predicted molar refractivity (Wildman–Crippen MR) is 158 cm³/mol. The molecule has 1 atom stereocenters. The fourth-order valence-corrected chi connectivity index (χ4v) is 4.98. The maximum absolute atomic E-state index is 13.7. The summed E-state index contributed by atoms with van der Waals surface area (Å²) in [6.45, 7) is 6.36. The number of hydrogen-bond acceptors (Lipinski definition) is 6. The molecule has 1 aliphatic rings. The zero-order chi connectivity index (χ0) is 28.9. The largest absolute Gasteiger partial charge is 0.507 e. The van der Waals surface area contributed by atoms with Crippen LogP contribution in [-0.4, -0.2) is 30.0 Å². The highest BCUT2D eigenvalue weighted by Gasteiger charge is 2.47. The van der Waals surface area contributed by atoms with Crippen molar-refractivity contribution >= 4 is 23.1 Å². The molecule has 1 saturated heterocycles. The second kappa shape index (κ2) is 12.0. The van der Waals surface area contributed by atoms with Crippen molar-refractivity contribution in [2.24, 2.45) is 0 Å². The van der Waals surface area contributed by atoms with Gasteiger partial charge < -0.3 is 19.3 Å². The molecular weight excluding hydrogens is 518 g/mol. The second-order valence-electron chi connectivity index (χ2n) is 9.47. The van der Waals surface area contributed by atoms with Gasteiger partial charge in [-0.25, -0.2) is 0 Å². The molecule has 0 saturated carbocycles. The zero-order valence-corrected chi connectivity index (χ0v) is 23.2. The monoisotopic (exact) mass is 549 g/mol. The van der Waals surface area contributed by atoms with Gasteiger partial charge in [-0.3, -0.25) is 14.5 Å². The molecule has 7 heteroatoms. The average Bonchev–Trinajstić information content (AvgIpc) is 3.24. The Morgan fingerprint density at radius 1 is 0.780 bits per heavy atom. The van der Waals surface area contributed by atoms with E-state index in [0.717, 1.165) is 5.56 Å². The lowest BCUT2D eigenvalue weighted by molar-refractivity contribution is -0.132. The first-order valence-electron chi connectivity index (χ1n) is 13.5. The molecule has 1 amide bonds. The molecule has 1 unspecified atom stereocenters. The Hall–Kier alpha value is -5.04. The number of Topliss-reactive ketones (excluding diaryl/α,β-unsaturated/α-hetero) is 1. The molecule has 0 spiro atoms. The van der Waals surface area contributed by atoms with Crippen molar-refractivity contribution in [2.45, 2.75) is 26.8 Å². The van der Waals surface area contributed by atoms with Crippen molar-refractivity contribution in [2.75, 3.05) is 18.1 Å². The Morgan fingerprint density at radius 2 is 1.49 bits per heavy atom. The summed E-state index contributed by atoms with van der Waals surface area (Å²) in [5, 5.41) is 11.7. The van der Waals surface area contributed by atoms with E-state index >= 15 is 0 Å².